The van der Waals surface area contributed by atoms with E-state index in [4.69, 9.17) is 0 Å². The van der Waals surface area contributed by atoms with E-state index < -0.39 is 0 Å². The van der Waals surface area contributed by atoms with Crippen LogP contribution in [0.2, 0.25) is 0 Å². The molecule has 1 aliphatic heterocycles. The summed E-state index contributed by atoms with van der Waals surface area (Å²) in [5.74, 6) is 0.792. The van der Waals surface area contributed by atoms with E-state index in [0.29, 0.717) is 0 Å². The van der Waals surface area contributed by atoms with E-state index in [1.807, 2.05) is 0 Å². The maximum atomic E-state index is 2.42. The third kappa shape index (κ3) is 1.23. The molecule has 0 saturated heterocycles. The molecule has 14 heavy (non-hydrogen) atoms. The third-order valence-corrected chi connectivity index (χ3v) is 4.71. The average Bonchev–Trinajstić information content (AvgIpc) is 2.54. The van der Waals surface area contributed by atoms with Gasteiger partial charge in [-0.1, -0.05) is 29.8 Å². The van der Waals surface area contributed by atoms with Crippen molar-refractivity contribution < 1.29 is 0 Å². The van der Waals surface area contributed by atoms with Crippen LogP contribution in [0.5, 0.6) is 0 Å². The Kier molecular flexibility index (Phi) is 1.94. The van der Waals surface area contributed by atoms with Crippen molar-refractivity contribution in [2.24, 2.45) is 0 Å². The standard InChI is InChI=1S/C13H14S/c1-9-6-7-11-10-4-2-3-5-12(10)14-13(11)8-9/h2-6,11,13H,7-8H2,1H3. The van der Waals surface area contributed by atoms with E-state index in [0.717, 1.165) is 11.2 Å². The van der Waals surface area contributed by atoms with Crippen LogP contribution in [0.3, 0.4) is 0 Å². The van der Waals surface area contributed by atoms with Gasteiger partial charge in [0.1, 0.15) is 0 Å². The highest BCUT2D eigenvalue weighted by atomic mass is 32.2. The molecule has 1 aromatic rings. The predicted octanol–water partition coefficient (Wildman–Crippen LogP) is 3.98. The summed E-state index contributed by atoms with van der Waals surface area (Å²) in [6, 6.07) is 8.91. The number of benzene rings is 1. The number of allylic oxidation sites excluding steroid dienone is 2. The molecule has 1 aliphatic carbocycles. The molecule has 72 valence electrons. The molecular weight excluding hydrogens is 188 g/mol. The second-order valence-electron chi connectivity index (χ2n) is 4.29. The molecule has 0 nitrogen and oxygen atoms in total. The highest BCUT2D eigenvalue weighted by Gasteiger charge is 2.34. The smallest absolute Gasteiger partial charge is 0.0204 e. The summed E-state index contributed by atoms with van der Waals surface area (Å²) in [5.41, 5.74) is 3.16. The van der Waals surface area contributed by atoms with Crippen LogP contribution in [-0.2, 0) is 0 Å². The summed E-state index contributed by atoms with van der Waals surface area (Å²) in [4.78, 5) is 1.52. The summed E-state index contributed by atoms with van der Waals surface area (Å²) < 4.78 is 0. The highest BCUT2D eigenvalue weighted by Crippen LogP contribution is 2.51. The van der Waals surface area contributed by atoms with Gasteiger partial charge in [-0.2, -0.15) is 0 Å². The molecule has 0 aromatic heterocycles. The summed E-state index contributed by atoms with van der Waals surface area (Å²) in [5, 5.41) is 0.817. The van der Waals surface area contributed by atoms with Gasteiger partial charge in [0.05, 0.1) is 0 Å². The molecule has 0 bridgehead atoms. The molecule has 0 amide bonds. The zero-order valence-electron chi connectivity index (χ0n) is 8.36. The fraction of sp³-hybridized carbons (Fsp3) is 0.385. The van der Waals surface area contributed by atoms with Gasteiger partial charge in [-0.15, -0.1) is 11.8 Å². The van der Waals surface area contributed by atoms with Crippen molar-refractivity contribution in [3.8, 4) is 0 Å². The molecule has 0 saturated carbocycles. The lowest BCUT2D eigenvalue weighted by Gasteiger charge is -2.23. The van der Waals surface area contributed by atoms with Crippen molar-refractivity contribution in [1.29, 1.82) is 0 Å². The summed E-state index contributed by atoms with van der Waals surface area (Å²) in [6.45, 7) is 2.26. The zero-order valence-corrected chi connectivity index (χ0v) is 9.18. The van der Waals surface area contributed by atoms with Crippen LogP contribution in [0, 0.1) is 0 Å². The van der Waals surface area contributed by atoms with Gasteiger partial charge in [0.15, 0.2) is 0 Å². The first-order valence-electron chi connectivity index (χ1n) is 5.26. The van der Waals surface area contributed by atoms with Gasteiger partial charge in [0, 0.05) is 16.1 Å². The van der Waals surface area contributed by atoms with E-state index in [-0.39, 0.29) is 0 Å². The fourth-order valence-electron chi connectivity index (χ4n) is 2.53. The van der Waals surface area contributed by atoms with Crippen LogP contribution in [0.25, 0.3) is 0 Å². The van der Waals surface area contributed by atoms with Crippen molar-refractivity contribution in [2.45, 2.75) is 35.8 Å². The first-order chi connectivity index (χ1) is 6.84. The first-order valence-corrected chi connectivity index (χ1v) is 6.14. The molecule has 2 aliphatic rings. The zero-order chi connectivity index (χ0) is 9.54. The van der Waals surface area contributed by atoms with Gasteiger partial charge in [-0.3, -0.25) is 0 Å². The Morgan fingerprint density at radius 2 is 2.14 bits per heavy atom. The van der Waals surface area contributed by atoms with Crippen LogP contribution in [0.1, 0.15) is 31.2 Å². The van der Waals surface area contributed by atoms with Gasteiger partial charge in [-0.25, -0.2) is 0 Å². The molecule has 1 heteroatoms. The number of fused-ring (bicyclic) bond motifs is 3. The quantitative estimate of drug-likeness (QED) is 0.573. The molecule has 0 fully saturated rings. The largest absolute Gasteiger partial charge is 0.121 e. The molecular formula is C13H14S. The lowest BCUT2D eigenvalue weighted by atomic mass is 9.85. The van der Waals surface area contributed by atoms with Crippen LogP contribution < -0.4 is 0 Å². The van der Waals surface area contributed by atoms with Crippen LogP contribution in [0.15, 0.2) is 40.8 Å². The summed E-state index contributed by atoms with van der Waals surface area (Å²) >= 11 is 2.08. The molecule has 1 heterocycles. The van der Waals surface area contributed by atoms with Gasteiger partial charge in [-0.05, 0) is 31.4 Å². The van der Waals surface area contributed by atoms with E-state index in [9.17, 15) is 0 Å². The molecule has 0 spiro atoms. The Hall–Kier alpha value is -0.690. The topological polar surface area (TPSA) is 0 Å². The van der Waals surface area contributed by atoms with Crippen LogP contribution in [0.4, 0.5) is 0 Å². The van der Waals surface area contributed by atoms with Crippen molar-refractivity contribution in [3.63, 3.8) is 0 Å². The second kappa shape index (κ2) is 3.16. The monoisotopic (exact) mass is 202 g/mol. The van der Waals surface area contributed by atoms with Crippen molar-refractivity contribution in [1.82, 2.24) is 0 Å². The first kappa shape index (κ1) is 8.60. The Balaban J connectivity index is 2.00. The minimum atomic E-state index is 0.792. The molecule has 0 radical (unpaired) electrons. The molecule has 0 N–H and O–H groups in total. The van der Waals surface area contributed by atoms with Crippen LogP contribution >= 0.6 is 11.8 Å². The van der Waals surface area contributed by atoms with E-state index >= 15 is 0 Å². The number of hydrogen-bond acceptors (Lipinski definition) is 1. The van der Waals surface area contributed by atoms with E-state index in [1.54, 1.807) is 11.1 Å². The number of rotatable bonds is 0. The minimum absolute atomic E-state index is 0.792. The van der Waals surface area contributed by atoms with Crippen molar-refractivity contribution in [3.05, 3.63) is 41.5 Å². The summed E-state index contributed by atoms with van der Waals surface area (Å²) in [6.07, 6.45) is 4.95. The minimum Gasteiger partial charge on any atom is -0.121 e. The van der Waals surface area contributed by atoms with Gasteiger partial charge in [0.2, 0.25) is 0 Å². The maximum Gasteiger partial charge on any atom is 0.0204 e. The van der Waals surface area contributed by atoms with Gasteiger partial charge < -0.3 is 0 Å². The van der Waals surface area contributed by atoms with Crippen LogP contribution in [-0.4, -0.2) is 5.25 Å². The summed E-state index contributed by atoms with van der Waals surface area (Å²) in [7, 11) is 0. The predicted molar refractivity (Wildman–Crippen MR) is 61.8 cm³/mol. The lowest BCUT2D eigenvalue weighted by Crippen LogP contribution is -2.14. The Labute approximate surface area is 89.4 Å². The normalized spacial score (nSPS) is 29.4. The van der Waals surface area contributed by atoms with Gasteiger partial charge >= 0.3 is 0 Å². The van der Waals surface area contributed by atoms with E-state index in [1.165, 1.54) is 17.7 Å². The van der Waals surface area contributed by atoms with E-state index in [2.05, 4.69) is 49.0 Å². The Morgan fingerprint density at radius 1 is 1.29 bits per heavy atom. The highest BCUT2D eigenvalue weighted by molar-refractivity contribution is 8.00. The molecule has 1 aromatic carbocycles. The number of thioether (sulfide) groups is 1. The van der Waals surface area contributed by atoms with Crippen molar-refractivity contribution >= 4 is 11.8 Å². The second-order valence-corrected chi connectivity index (χ2v) is 5.57. The SMILES string of the molecule is CC1=CCC2c3ccccc3SC2C1. The lowest BCUT2D eigenvalue weighted by molar-refractivity contribution is 0.624. The molecule has 2 atom stereocenters. The molecule has 3 rings (SSSR count). The Morgan fingerprint density at radius 3 is 3.07 bits per heavy atom. The molecule has 2 unspecified atom stereocenters. The van der Waals surface area contributed by atoms with Crippen molar-refractivity contribution in [2.75, 3.05) is 0 Å². The third-order valence-electron chi connectivity index (χ3n) is 3.29. The Bertz CT molecular complexity index is 392. The fourth-order valence-corrected chi connectivity index (χ4v) is 4.14. The number of hydrogen-bond donors (Lipinski definition) is 0. The maximum absolute atomic E-state index is 2.42. The van der Waals surface area contributed by atoms with Gasteiger partial charge in [0.25, 0.3) is 0 Å². The average molecular weight is 202 g/mol.